The molecule has 0 bridgehead atoms. The first-order chi connectivity index (χ1) is 7.31. The van der Waals surface area contributed by atoms with E-state index in [4.69, 9.17) is 5.73 Å². The van der Waals surface area contributed by atoms with Crippen LogP contribution in [0.25, 0.3) is 0 Å². The van der Waals surface area contributed by atoms with Crippen LogP contribution in [-0.4, -0.2) is 29.9 Å². The maximum atomic E-state index is 12.0. The molecular weight excluding hydrogens is 224 g/mol. The predicted octanol–water partition coefficient (Wildman–Crippen LogP) is 1.94. The van der Waals surface area contributed by atoms with Crippen molar-refractivity contribution in [2.45, 2.75) is 51.0 Å². The van der Waals surface area contributed by atoms with Crippen molar-refractivity contribution in [1.29, 1.82) is 0 Å². The molecule has 3 nitrogen and oxygen atoms in total. The number of likely N-dealkylation sites (tertiary alicyclic amines) is 1. The molecule has 1 saturated heterocycles. The molecular formula is C12H23ClN2O. The van der Waals surface area contributed by atoms with Gasteiger partial charge in [-0.05, 0) is 31.6 Å². The lowest BCUT2D eigenvalue weighted by Crippen LogP contribution is -2.47. The van der Waals surface area contributed by atoms with Crippen LogP contribution in [0.1, 0.15) is 44.9 Å². The number of nitrogens with zero attached hydrogens (tertiary/aromatic N) is 1. The molecule has 16 heavy (non-hydrogen) atoms. The topological polar surface area (TPSA) is 46.3 Å². The number of hydrogen-bond acceptors (Lipinski definition) is 2. The highest BCUT2D eigenvalue weighted by Crippen LogP contribution is 2.33. The van der Waals surface area contributed by atoms with Gasteiger partial charge in [-0.25, -0.2) is 0 Å². The van der Waals surface area contributed by atoms with Gasteiger partial charge in [0.05, 0.1) is 0 Å². The molecule has 2 fully saturated rings. The average molecular weight is 247 g/mol. The summed E-state index contributed by atoms with van der Waals surface area (Å²) in [6.45, 7) is 1.57. The first-order valence-corrected chi connectivity index (χ1v) is 6.31. The van der Waals surface area contributed by atoms with E-state index in [9.17, 15) is 4.79 Å². The fourth-order valence-electron chi connectivity index (χ4n) is 2.45. The van der Waals surface area contributed by atoms with Gasteiger partial charge in [0.15, 0.2) is 0 Å². The van der Waals surface area contributed by atoms with E-state index in [0.717, 1.165) is 38.1 Å². The highest BCUT2D eigenvalue weighted by molar-refractivity contribution is 5.85. The van der Waals surface area contributed by atoms with Crippen molar-refractivity contribution < 1.29 is 4.79 Å². The largest absolute Gasteiger partial charge is 0.338 e. The minimum Gasteiger partial charge on any atom is -0.338 e. The molecule has 0 aromatic carbocycles. The summed E-state index contributed by atoms with van der Waals surface area (Å²) in [6, 6.07) is 0.324. The molecule has 2 aliphatic rings. The van der Waals surface area contributed by atoms with Gasteiger partial charge in [-0.1, -0.05) is 12.8 Å². The van der Waals surface area contributed by atoms with Crippen molar-refractivity contribution in [2.24, 2.45) is 11.7 Å². The highest BCUT2D eigenvalue weighted by atomic mass is 35.5. The summed E-state index contributed by atoms with van der Waals surface area (Å²) in [5.41, 5.74) is 5.71. The van der Waals surface area contributed by atoms with Crippen LogP contribution in [0.3, 0.4) is 0 Å². The Hall–Kier alpha value is -0.280. The van der Waals surface area contributed by atoms with E-state index >= 15 is 0 Å². The molecule has 1 amide bonds. The second kappa shape index (κ2) is 6.45. The van der Waals surface area contributed by atoms with E-state index in [-0.39, 0.29) is 12.4 Å². The number of hydrogen-bond donors (Lipinski definition) is 1. The van der Waals surface area contributed by atoms with Gasteiger partial charge in [-0.2, -0.15) is 0 Å². The number of rotatable bonds is 4. The van der Waals surface area contributed by atoms with Crippen LogP contribution in [0.5, 0.6) is 0 Å². The Balaban J connectivity index is 0.00000128. The predicted molar refractivity (Wildman–Crippen MR) is 67.6 cm³/mol. The van der Waals surface area contributed by atoms with Crippen LogP contribution in [0.4, 0.5) is 0 Å². The van der Waals surface area contributed by atoms with Crippen LogP contribution in [0, 0.1) is 5.92 Å². The highest BCUT2D eigenvalue weighted by Gasteiger charge is 2.27. The first kappa shape index (κ1) is 13.8. The summed E-state index contributed by atoms with van der Waals surface area (Å²) in [5.74, 6) is 1.20. The number of nitrogens with two attached hydrogens (primary N) is 1. The van der Waals surface area contributed by atoms with Gasteiger partial charge < -0.3 is 10.6 Å². The normalized spacial score (nSPS) is 25.1. The van der Waals surface area contributed by atoms with Crippen molar-refractivity contribution >= 4 is 18.3 Å². The summed E-state index contributed by atoms with van der Waals surface area (Å²) in [7, 11) is 0. The SMILES string of the molecule is Cl.NCC1CCCCN1C(=O)CCC1CC1. The summed E-state index contributed by atoms with van der Waals surface area (Å²) >= 11 is 0. The van der Waals surface area contributed by atoms with Crippen LogP contribution < -0.4 is 5.73 Å². The van der Waals surface area contributed by atoms with Crippen molar-refractivity contribution in [2.75, 3.05) is 13.1 Å². The van der Waals surface area contributed by atoms with Gasteiger partial charge in [0.2, 0.25) is 5.91 Å². The van der Waals surface area contributed by atoms with Crippen LogP contribution in [-0.2, 0) is 4.79 Å². The van der Waals surface area contributed by atoms with Gasteiger partial charge in [0, 0.05) is 25.6 Å². The van der Waals surface area contributed by atoms with Crippen molar-refractivity contribution in [3.05, 3.63) is 0 Å². The number of carbonyl (C=O) groups is 1. The molecule has 1 heterocycles. The Morgan fingerprint density at radius 2 is 2.00 bits per heavy atom. The van der Waals surface area contributed by atoms with E-state index < -0.39 is 0 Å². The van der Waals surface area contributed by atoms with Crippen LogP contribution in [0.15, 0.2) is 0 Å². The van der Waals surface area contributed by atoms with Crippen LogP contribution >= 0.6 is 12.4 Å². The smallest absolute Gasteiger partial charge is 0.222 e. The van der Waals surface area contributed by atoms with Gasteiger partial charge >= 0.3 is 0 Å². The number of carbonyl (C=O) groups excluding carboxylic acids is 1. The molecule has 1 aliphatic carbocycles. The molecule has 1 saturated carbocycles. The van der Waals surface area contributed by atoms with Gasteiger partial charge in [-0.3, -0.25) is 4.79 Å². The van der Waals surface area contributed by atoms with E-state index in [2.05, 4.69) is 0 Å². The fourth-order valence-corrected chi connectivity index (χ4v) is 2.45. The maximum absolute atomic E-state index is 12.0. The monoisotopic (exact) mass is 246 g/mol. The molecule has 2 N–H and O–H groups in total. The Labute approximate surface area is 104 Å². The standard InChI is InChI=1S/C12H22N2O.ClH/c13-9-11-3-1-2-8-14(11)12(15)7-6-10-4-5-10;/h10-11H,1-9,13H2;1H. The second-order valence-electron chi connectivity index (χ2n) is 4.95. The first-order valence-electron chi connectivity index (χ1n) is 6.31. The second-order valence-corrected chi connectivity index (χ2v) is 4.95. The van der Waals surface area contributed by atoms with Gasteiger partial charge in [0.1, 0.15) is 0 Å². The molecule has 0 spiro atoms. The van der Waals surface area contributed by atoms with E-state index in [1.54, 1.807) is 0 Å². The molecule has 0 radical (unpaired) electrons. The lowest BCUT2D eigenvalue weighted by Gasteiger charge is -2.35. The van der Waals surface area contributed by atoms with Gasteiger partial charge in [-0.15, -0.1) is 12.4 Å². The number of amides is 1. The van der Waals surface area contributed by atoms with Crippen molar-refractivity contribution in [3.8, 4) is 0 Å². The Bertz CT molecular complexity index is 231. The van der Waals surface area contributed by atoms with Crippen molar-refractivity contribution in [1.82, 2.24) is 4.90 Å². The molecule has 1 atom stereocenters. The molecule has 1 unspecified atom stereocenters. The Morgan fingerprint density at radius 1 is 1.25 bits per heavy atom. The molecule has 0 aromatic rings. The third-order valence-corrected chi connectivity index (χ3v) is 3.68. The zero-order valence-electron chi connectivity index (χ0n) is 9.86. The van der Waals surface area contributed by atoms with Crippen molar-refractivity contribution in [3.63, 3.8) is 0 Å². The quantitative estimate of drug-likeness (QED) is 0.824. The van der Waals surface area contributed by atoms with E-state index in [0.29, 0.717) is 18.5 Å². The van der Waals surface area contributed by atoms with Crippen LogP contribution in [0.2, 0.25) is 0 Å². The molecule has 0 aromatic heterocycles. The molecule has 1 aliphatic heterocycles. The lowest BCUT2D eigenvalue weighted by atomic mass is 10.0. The van der Waals surface area contributed by atoms with E-state index in [1.165, 1.54) is 19.3 Å². The molecule has 2 rings (SSSR count). The average Bonchev–Trinajstić information content (AvgIpc) is 3.09. The summed E-state index contributed by atoms with van der Waals surface area (Å²) in [4.78, 5) is 14.0. The zero-order valence-corrected chi connectivity index (χ0v) is 10.7. The number of halogens is 1. The maximum Gasteiger partial charge on any atom is 0.222 e. The van der Waals surface area contributed by atoms with Gasteiger partial charge in [0.25, 0.3) is 0 Å². The molecule has 4 heteroatoms. The Kier molecular flexibility index (Phi) is 5.56. The lowest BCUT2D eigenvalue weighted by molar-refractivity contribution is -0.134. The third kappa shape index (κ3) is 3.63. The Morgan fingerprint density at radius 3 is 2.62 bits per heavy atom. The summed E-state index contributed by atoms with van der Waals surface area (Å²) in [6.07, 6.45) is 8.03. The molecule has 94 valence electrons. The zero-order chi connectivity index (χ0) is 10.7. The fraction of sp³-hybridized carbons (Fsp3) is 0.917. The third-order valence-electron chi connectivity index (χ3n) is 3.68. The van der Waals surface area contributed by atoms with E-state index in [1.807, 2.05) is 4.90 Å². The minimum atomic E-state index is 0. The summed E-state index contributed by atoms with van der Waals surface area (Å²) in [5, 5.41) is 0. The number of piperidine rings is 1. The summed E-state index contributed by atoms with van der Waals surface area (Å²) < 4.78 is 0. The minimum absolute atomic E-state index is 0.